The highest BCUT2D eigenvalue weighted by Gasteiger charge is 2.27. The van der Waals surface area contributed by atoms with Gasteiger partial charge in [-0.25, -0.2) is 4.99 Å². The van der Waals surface area contributed by atoms with Gasteiger partial charge in [-0.05, 0) is 57.2 Å². The normalized spacial score (nSPS) is 23.6. The quantitative estimate of drug-likeness (QED) is 0.311. The van der Waals surface area contributed by atoms with Crippen molar-refractivity contribution in [2.24, 2.45) is 16.6 Å². The number of morpholine rings is 1. The third-order valence-electron chi connectivity index (χ3n) is 5.96. The Labute approximate surface area is 214 Å². The van der Waals surface area contributed by atoms with Crippen LogP contribution in [0.25, 0.3) is 0 Å². The van der Waals surface area contributed by atoms with Gasteiger partial charge in [-0.3, -0.25) is 9.59 Å². The zero-order chi connectivity index (χ0) is 23.1. The number of carbonyl (C=O) groups excluding carboxylic acids is 2. The summed E-state index contributed by atoms with van der Waals surface area (Å²) in [6.07, 6.45) is 2.58. The van der Waals surface area contributed by atoms with E-state index in [9.17, 15) is 9.59 Å². The first-order valence-corrected chi connectivity index (χ1v) is 11.7. The van der Waals surface area contributed by atoms with Crippen molar-refractivity contribution in [2.45, 2.75) is 58.8 Å². The number of rotatable bonds is 6. The van der Waals surface area contributed by atoms with Crippen LogP contribution in [0, 0.1) is 5.92 Å². The first-order valence-electron chi connectivity index (χ1n) is 11.7. The predicted molar refractivity (Wildman–Crippen MR) is 141 cm³/mol. The number of nitrogens with two attached hydrogens (primary N) is 1. The first-order chi connectivity index (χ1) is 15.4. The number of hydrogen-bond donors (Lipinski definition) is 2. The molecule has 3 rings (SSSR count). The lowest BCUT2D eigenvalue weighted by atomic mass is 9.95. The van der Waals surface area contributed by atoms with Crippen molar-refractivity contribution in [3.05, 3.63) is 35.4 Å². The highest BCUT2D eigenvalue weighted by molar-refractivity contribution is 14.0. The fourth-order valence-electron chi connectivity index (χ4n) is 4.58. The fourth-order valence-corrected chi connectivity index (χ4v) is 4.58. The van der Waals surface area contributed by atoms with Crippen LogP contribution < -0.4 is 11.1 Å². The van der Waals surface area contributed by atoms with E-state index in [1.54, 1.807) is 0 Å². The number of halogens is 1. The number of ether oxygens (including phenoxy) is 1. The summed E-state index contributed by atoms with van der Waals surface area (Å²) in [7, 11) is 0. The second kappa shape index (κ2) is 13.1. The zero-order valence-corrected chi connectivity index (χ0v) is 22.3. The molecule has 0 saturated carbocycles. The molecule has 184 valence electrons. The molecule has 2 amide bonds. The number of likely N-dealkylation sites (tertiary alicyclic amines) is 1. The highest BCUT2D eigenvalue weighted by Crippen LogP contribution is 2.20. The molecule has 3 unspecified atom stereocenters. The molecule has 3 N–H and O–H groups in total. The Morgan fingerprint density at radius 1 is 1.12 bits per heavy atom. The van der Waals surface area contributed by atoms with Gasteiger partial charge in [0, 0.05) is 44.7 Å². The van der Waals surface area contributed by atoms with Gasteiger partial charge < -0.3 is 25.6 Å². The van der Waals surface area contributed by atoms with Crippen LogP contribution in [0.15, 0.2) is 29.3 Å². The largest absolute Gasteiger partial charge is 0.372 e. The topological polar surface area (TPSA) is 100 Å². The molecule has 0 aromatic heterocycles. The Balaban J connectivity index is 0.00000385. The summed E-state index contributed by atoms with van der Waals surface area (Å²) >= 11 is 0. The van der Waals surface area contributed by atoms with Gasteiger partial charge in [0.2, 0.25) is 5.91 Å². The summed E-state index contributed by atoms with van der Waals surface area (Å²) < 4.78 is 5.73. The van der Waals surface area contributed by atoms with Crippen LogP contribution >= 0.6 is 24.0 Å². The average Bonchev–Trinajstić information content (AvgIpc) is 2.75. The molecule has 2 aliphatic heterocycles. The number of hydrogen-bond acceptors (Lipinski definition) is 4. The maximum absolute atomic E-state index is 12.9. The van der Waals surface area contributed by atoms with Crippen molar-refractivity contribution >= 4 is 41.8 Å². The van der Waals surface area contributed by atoms with E-state index in [2.05, 4.69) is 10.2 Å². The monoisotopic (exact) mass is 571 g/mol. The molecule has 2 aliphatic rings. The number of carbonyl (C=O) groups is 2. The first kappa shape index (κ1) is 27.4. The molecule has 0 radical (unpaired) electrons. The summed E-state index contributed by atoms with van der Waals surface area (Å²) in [6, 6.07) is 7.71. The molecule has 1 aromatic carbocycles. The van der Waals surface area contributed by atoms with Gasteiger partial charge in [-0.1, -0.05) is 12.1 Å². The van der Waals surface area contributed by atoms with Crippen LogP contribution in [0.1, 0.15) is 56.0 Å². The minimum atomic E-state index is -0.241. The number of nitrogens with one attached hydrogen (secondary N) is 1. The van der Waals surface area contributed by atoms with Gasteiger partial charge in [-0.15, -0.1) is 24.0 Å². The molecular formula is C24H38IN5O3. The Hall–Kier alpha value is -1.88. The van der Waals surface area contributed by atoms with Gasteiger partial charge >= 0.3 is 0 Å². The lowest BCUT2D eigenvalue weighted by Crippen LogP contribution is -2.48. The minimum absolute atomic E-state index is 0. The van der Waals surface area contributed by atoms with Gasteiger partial charge in [0.1, 0.15) is 0 Å². The van der Waals surface area contributed by atoms with E-state index in [4.69, 9.17) is 15.5 Å². The van der Waals surface area contributed by atoms with E-state index >= 15 is 0 Å². The second-order valence-corrected chi connectivity index (χ2v) is 8.96. The van der Waals surface area contributed by atoms with Crippen molar-refractivity contribution in [1.82, 2.24) is 15.1 Å². The standard InChI is InChI=1S/C24H37N5O3.HI/c1-4-26-24(28-11-5-6-20(16-28)12-22(25)30)27-13-19-7-9-21(10-8-19)23(31)29-14-17(2)32-18(3)15-29;/h7-10,17-18,20H,4-6,11-16H2,1-3H3,(H2,25,30)(H,26,27);1H. The molecule has 2 fully saturated rings. The van der Waals surface area contributed by atoms with E-state index in [1.165, 1.54) is 0 Å². The average molecular weight is 572 g/mol. The van der Waals surface area contributed by atoms with Crippen molar-refractivity contribution in [1.29, 1.82) is 0 Å². The molecule has 0 aliphatic carbocycles. The maximum atomic E-state index is 12.9. The predicted octanol–water partition coefficient (Wildman–Crippen LogP) is 2.61. The Kier molecular flexibility index (Phi) is 10.9. The molecule has 0 spiro atoms. The number of nitrogens with zero attached hydrogens (tertiary/aromatic N) is 3. The number of piperidine rings is 1. The van der Waals surface area contributed by atoms with Crippen molar-refractivity contribution < 1.29 is 14.3 Å². The molecule has 0 bridgehead atoms. The van der Waals surface area contributed by atoms with Crippen LogP contribution in [0.2, 0.25) is 0 Å². The highest BCUT2D eigenvalue weighted by atomic mass is 127. The number of aliphatic imine (C=N–C) groups is 1. The molecule has 1 aromatic rings. The van der Waals surface area contributed by atoms with Crippen LogP contribution in [0.5, 0.6) is 0 Å². The molecule has 9 heteroatoms. The minimum Gasteiger partial charge on any atom is -0.372 e. The fraction of sp³-hybridized carbons (Fsp3) is 0.625. The van der Waals surface area contributed by atoms with Gasteiger partial charge in [0.25, 0.3) is 5.91 Å². The van der Waals surface area contributed by atoms with E-state index in [0.29, 0.717) is 31.6 Å². The maximum Gasteiger partial charge on any atom is 0.254 e. The van der Waals surface area contributed by atoms with E-state index in [-0.39, 0.29) is 53.9 Å². The Morgan fingerprint density at radius 3 is 2.39 bits per heavy atom. The van der Waals surface area contributed by atoms with E-state index in [0.717, 1.165) is 44.0 Å². The molecule has 3 atom stereocenters. The van der Waals surface area contributed by atoms with Crippen molar-refractivity contribution in [2.75, 3.05) is 32.7 Å². The number of guanidine groups is 1. The zero-order valence-electron chi connectivity index (χ0n) is 20.0. The number of primary amides is 1. The van der Waals surface area contributed by atoms with Crippen LogP contribution in [-0.2, 0) is 16.1 Å². The number of benzene rings is 1. The van der Waals surface area contributed by atoms with E-state index in [1.807, 2.05) is 49.9 Å². The molecular weight excluding hydrogens is 533 g/mol. The smallest absolute Gasteiger partial charge is 0.254 e. The molecule has 8 nitrogen and oxygen atoms in total. The Morgan fingerprint density at radius 2 is 1.79 bits per heavy atom. The third-order valence-corrected chi connectivity index (χ3v) is 5.96. The second-order valence-electron chi connectivity index (χ2n) is 8.96. The van der Waals surface area contributed by atoms with Crippen LogP contribution in [-0.4, -0.2) is 72.5 Å². The van der Waals surface area contributed by atoms with Crippen LogP contribution in [0.4, 0.5) is 0 Å². The third kappa shape index (κ3) is 8.13. The van der Waals surface area contributed by atoms with Crippen molar-refractivity contribution in [3.8, 4) is 0 Å². The van der Waals surface area contributed by atoms with Gasteiger partial charge in [0.05, 0.1) is 18.8 Å². The van der Waals surface area contributed by atoms with Gasteiger partial charge in [-0.2, -0.15) is 0 Å². The molecule has 2 heterocycles. The lowest BCUT2D eigenvalue weighted by Gasteiger charge is -2.35. The lowest BCUT2D eigenvalue weighted by molar-refractivity contribution is -0.119. The number of amides is 2. The summed E-state index contributed by atoms with van der Waals surface area (Å²) in [5.74, 6) is 0.942. The Bertz CT molecular complexity index is 807. The summed E-state index contributed by atoms with van der Waals surface area (Å²) in [4.78, 5) is 33.1. The van der Waals surface area contributed by atoms with Gasteiger partial charge in [0.15, 0.2) is 5.96 Å². The van der Waals surface area contributed by atoms with Crippen LogP contribution in [0.3, 0.4) is 0 Å². The molecule has 2 saturated heterocycles. The van der Waals surface area contributed by atoms with Crippen molar-refractivity contribution in [3.63, 3.8) is 0 Å². The summed E-state index contributed by atoms with van der Waals surface area (Å²) in [5, 5.41) is 3.36. The summed E-state index contributed by atoms with van der Waals surface area (Å²) in [5.41, 5.74) is 7.13. The summed E-state index contributed by atoms with van der Waals surface area (Å²) in [6.45, 7) is 10.3. The molecule has 33 heavy (non-hydrogen) atoms. The van der Waals surface area contributed by atoms with E-state index < -0.39 is 0 Å². The SMILES string of the molecule is CCNC(=NCc1ccc(C(=O)N2CC(C)OC(C)C2)cc1)N1CCCC(CC(N)=O)C1.I.